The summed E-state index contributed by atoms with van der Waals surface area (Å²) in [5, 5.41) is 0.505. The zero-order valence-electron chi connectivity index (χ0n) is 15.9. The Morgan fingerprint density at radius 1 is 1.00 bits per heavy atom. The van der Waals surface area contributed by atoms with E-state index in [-0.39, 0.29) is 30.0 Å². The van der Waals surface area contributed by atoms with E-state index in [0.717, 1.165) is 0 Å². The van der Waals surface area contributed by atoms with Crippen LogP contribution in [0.25, 0.3) is 5.76 Å². The Hall–Kier alpha value is -3.12. The summed E-state index contributed by atoms with van der Waals surface area (Å²) < 4.78 is 15.8. The van der Waals surface area contributed by atoms with Crippen molar-refractivity contribution in [3.63, 3.8) is 0 Å². The molecule has 0 bridgehead atoms. The highest BCUT2D eigenvalue weighted by Gasteiger charge is 2.52. The minimum Gasteiger partial charge on any atom is -0.474 e. The van der Waals surface area contributed by atoms with Crippen LogP contribution in [0.4, 0.5) is 0 Å². The quantitative estimate of drug-likeness (QED) is 0.528. The number of esters is 2. The van der Waals surface area contributed by atoms with Gasteiger partial charge in [-0.1, -0.05) is 41.9 Å². The number of ether oxygens (including phenoxy) is 3. The van der Waals surface area contributed by atoms with E-state index in [2.05, 4.69) is 0 Å². The van der Waals surface area contributed by atoms with Crippen molar-refractivity contribution in [1.82, 2.24) is 0 Å². The summed E-state index contributed by atoms with van der Waals surface area (Å²) in [5.74, 6) is -1.53. The molecule has 29 heavy (non-hydrogen) atoms. The summed E-state index contributed by atoms with van der Waals surface area (Å²) in [5.41, 5.74) is -0.548. The van der Waals surface area contributed by atoms with Crippen LogP contribution in [0.5, 0.6) is 0 Å². The molecule has 1 aliphatic heterocycles. The van der Waals surface area contributed by atoms with E-state index in [1.165, 1.54) is 14.2 Å². The number of benzene rings is 2. The molecule has 1 aliphatic rings. The molecule has 0 radical (unpaired) electrons. The summed E-state index contributed by atoms with van der Waals surface area (Å²) >= 11 is 5.94. The van der Waals surface area contributed by atoms with Gasteiger partial charge in [-0.25, -0.2) is 9.59 Å². The van der Waals surface area contributed by atoms with Crippen LogP contribution >= 0.6 is 11.6 Å². The van der Waals surface area contributed by atoms with E-state index in [1.807, 2.05) is 0 Å². The Morgan fingerprint density at radius 3 is 2.24 bits per heavy atom. The number of methoxy groups -OCH3 is 2. The maximum absolute atomic E-state index is 12.8. The highest BCUT2D eigenvalue weighted by Crippen LogP contribution is 2.43. The fraction of sp³-hybridized carbons (Fsp3) is 0.227. The smallest absolute Gasteiger partial charge is 0.351 e. The van der Waals surface area contributed by atoms with Crippen molar-refractivity contribution in [2.75, 3.05) is 14.2 Å². The first-order valence-corrected chi connectivity index (χ1v) is 9.21. The van der Waals surface area contributed by atoms with Gasteiger partial charge in [0, 0.05) is 22.6 Å². The van der Waals surface area contributed by atoms with Gasteiger partial charge in [0.1, 0.15) is 5.76 Å². The lowest BCUT2D eigenvalue weighted by molar-refractivity contribution is -0.159. The van der Waals surface area contributed by atoms with Gasteiger partial charge in [0.15, 0.2) is 5.78 Å². The summed E-state index contributed by atoms with van der Waals surface area (Å²) in [7, 11) is 2.45. The normalized spacial score (nSPS) is 18.2. The molecule has 0 aliphatic carbocycles. The molecule has 2 aromatic rings. The minimum absolute atomic E-state index is 0.150. The second kappa shape index (κ2) is 8.49. The lowest BCUT2D eigenvalue weighted by Crippen LogP contribution is -2.42. The number of halogens is 1. The number of Topliss-reactive ketones (excluding diaryl/α,β-unsaturated/α-hetero) is 1. The van der Waals surface area contributed by atoms with Crippen molar-refractivity contribution >= 4 is 35.1 Å². The second-order valence-electron chi connectivity index (χ2n) is 6.54. The molecule has 0 N–H and O–H groups in total. The second-order valence-corrected chi connectivity index (χ2v) is 6.97. The van der Waals surface area contributed by atoms with Crippen LogP contribution in [-0.4, -0.2) is 37.5 Å². The average Bonchev–Trinajstić information content (AvgIpc) is 3.14. The fourth-order valence-electron chi connectivity index (χ4n) is 3.24. The van der Waals surface area contributed by atoms with Gasteiger partial charge in [-0.3, -0.25) is 4.79 Å². The number of carbonyl (C=O) groups is 3. The molecule has 2 aromatic carbocycles. The number of rotatable bonds is 6. The van der Waals surface area contributed by atoms with Crippen LogP contribution in [0.15, 0.2) is 60.2 Å². The molecule has 150 valence electrons. The third-order valence-corrected chi connectivity index (χ3v) is 4.92. The fourth-order valence-corrected chi connectivity index (χ4v) is 3.36. The van der Waals surface area contributed by atoms with Crippen LogP contribution in [0.3, 0.4) is 0 Å². The Labute approximate surface area is 173 Å². The van der Waals surface area contributed by atoms with Crippen LogP contribution in [0.1, 0.15) is 28.8 Å². The van der Waals surface area contributed by atoms with Gasteiger partial charge in [-0.15, -0.1) is 0 Å². The molecule has 3 rings (SSSR count). The number of hydrogen-bond acceptors (Lipinski definition) is 6. The molecule has 7 heteroatoms. The van der Waals surface area contributed by atoms with Crippen LogP contribution < -0.4 is 0 Å². The maximum atomic E-state index is 12.8. The first kappa shape index (κ1) is 20.6. The number of ketones is 1. The van der Waals surface area contributed by atoms with Gasteiger partial charge in [-0.05, 0) is 24.3 Å². The van der Waals surface area contributed by atoms with Crippen LogP contribution in [0.2, 0.25) is 5.02 Å². The van der Waals surface area contributed by atoms with Gasteiger partial charge in [0.05, 0.1) is 26.2 Å². The molecule has 0 saturated carbocycles. The van der Waals surface area contributed by atoms with Gasteiger partial charge in [0.2, 0.25) is 5.60 Å². The van der Waals surface area contributed by atoms with Crippen LogP contribution in [-0.2, 0) is 23.8 Å². The third kappa shape index (κ3) is 4.17. The Morgan fingerprint density at radius 2 is 1.66 bits per heavy atom. The molecule has 0 saturated heterocycles. The van der Waals surface area contributed by atoms with E-state index < -0.39 is 17.5 Å². The largest absolute Gasteiger partial charge is 0.474 e. The van der Waals surface area contributed by atoms with Gasteiger partial charge < -0.3 is 14.2 Å². The Bertz CT molecular complexity index is 965. The van der Waals surface area contributed by atoms with E-state index in [0.29, 0.717) is 16.1 Å². The molecule has 0 amide bonds. The predicted octanol–water partition coefficient (Wildman–Crippen LogP) is 3.83. The maximum Gasteiger partial charge on any atom is 0.351 e. The molecular weight excluding hydrogens is 396 g/mol. The highest BCUT2D eigenvalue weighted by atomic mass is 35.5. The summed E-state index contributed by atoms with van der Waals surface area (Å²) in [4.78, 5) is 37.9. The van der Waals surface area contributed by atoms with Crippen molar-refractivity contribution in [3.05, 3.63) is 76.3 Å². The monoisotopic (exact) mass is 414 g/mol. The van der Waals surface area contributed by atoms with Crippen molar-refractivity contribution in [2.24, 2.45) is 0 Å². The molecule has 1 heterocycles. The molecule has 0 aromatic heterocycles. The Kier molecular flexibility index (Phi) is 6.03. The minimum atomic E-state index is -1.67. The molecule has 1 atom stereocenters. The van der Waals surface area contributed by atoms with E-state index >= 15 is 0 Å². The molecule has 0 fully saturated rings. The zero-order valence-corrected chi connectivity index (χ0v) is 16.7. The summed E-state index contributed by atoms with van der Waals surface area (Å²) in [6.07, 6.45) is -0.440. The first-order chi connectivity index (χ1) is 13.9. The van der Waals surface area contributed by atoms with Gasteiger partial charge in [-0.2, -0.15) is 0 Å². The SMILES string of the molecule is COC(=O)C1=C(c2ccc(Cl)cc2)OC(CC(=O)c2ccccc2)(C(=O)OC)C1. The standard InChI is InChI=1S/C22H19ClO6/c1-27-20(25)17-12-22(21(26)28-2,13-18(24)14-6-4-3-5-7-14)29-19(17)15-8-10-16(23)11-9-15/h3-11H,12-13H2,1-2H3. The predicted molar refractivity (Wildman–Crippen MR) is 106 cm³/mol. The number of carbonyl (C=O) groups excluding carboxylic acids is 3. The highest BCUT2D eigenvalue weighted by molar-refractivity contribution is 6.30. The van der Waals surface area contributed by atoms with Crippen molar-refractivity contribution < 1.29 is 28.6 Å². The lowest BCUT2D eigenvalue weighted by atomic mass is 9.89. The summed E-state index contributed by atoms with van der Waals surface area (Å²) in [6.45, 7) is 0. The van der Waals surface area contributed by atoms with Crippen molar-refractivity contribution in [3.8, 4) is 0 Å². The van der Waals surface area contributed by atoms with E-state index in [4.69, 9.17) is 25.8 Å². The van der Waals surface area contributed by atoms with E-state index in [9.17, 15) is 14.4 Å². The van der Waals surface area contributed by atoms with E-state index in [1.54, 1.807) is 54.6 Å². The summed E-state index contributed by atoms with van der Waals surface area (Å²) in [6, 6.07) is 15.1. The molecule has 1 unspecified atom stereocenters. The van der Waals surface area contributed by atoms with Gasteiger partial charge in [0.25, 0.3) is 0 Å². The zero-order chi connectivity index (χ0) is 21.0. The topological polar surface area (TPSA) is 78.9 Å². The molecule has 0 spiro atoms. The molecule has 6 nitrogen and oxygen atoms in total. The van der Waals surface area contributed by atoms with Crippen LogP contribution in [0, 0.1) is 0 Å². The first-order valence-electron chi connectivity index (χ1n) is 8.83. The van der Waals surface area contributed by atoms with Crippen molar-refractivity contribution in [1.29, 1.82) is 0 Å². The molecular formula is C22H19ClO6. The average molecular weight is 415 g/mol. The Balaban J connectivity index is 2.01. The lowest BCUT2D eigenvalue weighted by Gasteiger charge is -2.26. The number of hydrogen-bond donors (Lipinski definition) is 0. The van der Waals surface area contributed by atoms with Crippen molar-refractivity contribution in [2.45, 2.75) is 18.4 Å². The third-order valence-electron chi connectivity index (χ3n) is 4.67. The van der Waals surface area contributed by atoms with Gasteiger partial charge >= 0.3 is 11.9 Å².